The van der Waals surface area contributed by atoms with Crippen LogP contribution in [0.5, 0.6) is 0 Å². The van der Waals surface area contributed by atoms with Crippen LogP contribution in [-0.4, -0.2) is 42.9 Å². The van der Waals surface area contributed by atoms with Crippen molar-refractivity contribution < 1.29 is 0 Å². The average Bonchev–Trinajstić information content (AvgIpc) is 3.17. The minimum absolute atomic E-state index is 0.623. The summed E-state index contributed by atoms with van der Waals surface area (Å²) in [5, 5.41) is 0. The topological polar surface area (TPSA) is 70.6 Å². The molecule has 1 saturated heterocycles. The first-order chi connectivity index (χ1) is 12.8. The molecule has 6 nitrogen and oxygen atoms in total. The van der Waals surface area contributed by atoms with Crippen LogP contribution in [0.4, 0.5) is 0 Å². The normalized spacial score (nSPS) is 18.1. The molecular formula is C20H24N6. The molecule has 0 bridgehead atoms. The highest BCUT2D eigenvalue weighted by molar-refractivity contribution is 5.46. The van der Waals surface area contributed by atoms with Crippen LogP contribution in [0, 0.1) is 12.8 Å². The Hall–Kier alpha value is -2.60. The van der Waals surface area contributed by atoms with E-state index in [-0.39, 0.29) is 0 Å². The highest BCUT2D eigenvalue weighted by Gasteiger charge is 2.21. The summed E-state index contributed by atoms with van der Waals surface area (Å²) in [6.07, 6.45) is 10.7. The lowest BCUT2D eigenvalue weighted by atomic mass is 9.93. The summed E-state index contributed by atoms with van der Waals surface area (Å²) in [5.74, 6) is 1.39. The van der Waals surface area contributed by atoms with Gasteiger partial charge in [0.15, 0.2) is 5.82 Å². The third-order valence-corrected chi connectivity index (χ3v) is 4.88. The van der Waals surface area contributed by atoms with Gasteiger partial charge in [-0.1, -0.05) is 6.07 Å². The second-order valence-electron chi connectivity index (χ2n) is 7.05. The number of nitrogens with zero attached hydrogens (tertiary/aromatic N) is 5. The highest BCUT2D eigenvalue weighted by Crippen LogP contribution is 2.21. The molecule has 1 unspecified atom stereocenters. The van der Waals surface area contributed by atoms with Crippen molar-refractivity contribution in [2.24, 2.45) is 5.92 Å². The molecular weight excluding hydrogens is 324 g/mol. The Bertz CT molecular complexity index is 828. The van der Waals surface area contributed by atoms with Crippen LogP contribution in [0.15, 0.2) is 43.0 Å². The van der Waals surface area contributed by atoms with Gasteiger partial charge in [0, 0.05) is 37.4 Å². The maximum Gasteiger partial charge on any atom is 0.157 e. The van der Waals surface area contributed by atoms with Gasteiger partial charge < -0.3 is 4.98 Å². The second kappa shape index (κ2) is 7.74. The quantitative estimate of drug-likeness (QED) is 0.767. The van der Waals surface area contributed by atoms with Gasteiger partial charge in [0.1, 0.15) is 5.69 Å². The number of hydrogen-bond donors (Lipinski definition) is 1. The van der Waals surface area contributed by atoms with Crippen LogP contribution >= 0.6 is 0 Å². The highest BCUT2D eigenvalue weighted by atomic mass is 15.1. The van der Waals surface area contributed by atoms with E-state index in [0.717, 1.165) is 54.7 Å². The monoisotopic (exact) mass is 348 g/mol. The van der Waals surface area contributed by atoms with E-state index < -0.39 is 0 Å². The number of aryl methyl sites for hydroxylation is 1. The van der Waals surface area contributed by atoms with E-state index in [2.05, 4.69) is 42.0 Å². The summed E-state index contributed by atoms with van der Waals surface area (Å²) in [6.45, 7) is 5.22. The van der Waals surface area contributed by atoms with Gasteiger partial charge in [-0.2, -0.15) is 0 Å². The second-order valence-corrected chi connectivity index (χ2v) is 7.05. The van der Waals surface area contributed by atoms with E-state index in [4.69, 9.17) is 0 Å². The summed E-state index contributed by atoms with van der Waals surface area (Å²) in [4.78, 5) is 23.5. The van der Waals surface area contributed by atoms with Crippen LogP contribution in [0.25, 0.3) is 11.5 Å². The van der Waals surface area contributed by atoms with Gasteiger partial charge in [-0.25, -0.2) is 9.97 Å². The molecule has 1 N–H and O–H groups in total. The lowest BCUT2D eigenvalue weighted by Crippen LogP contribution is -2.36. The number of imidazole rings is 1. The van der Waals surface area contributed by atoms with Crippen molar-refractivity contribution in [1.82, 2.24) is 29.8 Å². The fourth-order valence-corrected chi connectivity index (χ4v) is 3.66. The molecule has 0 saturated carbocycles. The third kappa shape index (κ3) is 4.14. The first kappa shape index (κ1) is 16.8. The van der Waals surface area contributed by atoms with E-state index in [0.29, 0.717) is 5.92 Å². The number of pyridine rings is 1. The molecule has 26 heavy (non-hydrogen) atoms. The third-order valence-electron chi connectivity index (χ3n) is 4.88. The summed E-state index contributed by atoms with van der Waals surface area (Å²) in [6, 6.07) is 6.26. The maximum absolute atomic E-state index is 4.64. The molecule has 6 heteroatoms. The lowest BCUT2D eigenvalue weighted by molar-refractivity contribution is 0.164. The largest absolute Gasteiger partial charge is 0.343 e. The van der Waals surface area contributed by atoms with Crippen LogP contribution in [0.2, 0.25) is 0 Å². The number of aromatic nitrogens is 5. The minimum atomic E-state index is 0.623. The van der Waals surface area contributed by atoms with Gasteiger partial charge >= 0.3 is 0 Å². The first-order valence-corrected chi connectivity index (χ1v) is 9.22. The van der Waals surface area contributed by atoms with Gasteiger partial charge in [0.2, 0.25) is 0 Å². The molecule has 0 spiro atoms. The van der Waals surface area contributed by atoms with E-state index in [1.54, 1.807) is 12.4 Å². The Balaban J connectivity index is 1.36. The van der Waals surface area contributed by atoms with E-state index in [1.165, 1.54) is 12.8 Å². The molecule has 1 aliphatic heterocycles. The van der Waals surface area contributed by atoms with Crippen LogP contribution in [0.1, 0.15) is 29.9 Å². The van der Waals surface area contributed by atoms with Crippen molar-refractivity contribution in [3.05, 3.63) is 60.1 Å². The fraction of sp³-hybridized carbons (Fsp3) is 0.400. The molecule has 1 atom stereocenters. The number of hydrogen-bond acceptors (Lipinski definition) is 5. The van der Waals surface area contributed by atoms with Gasteiger partial charge in [-0.15, -0.1) is 0 Å². The minimum Gasteiger partial charge on any atom is -0.343 e. The molecule has 1 fully saturated rings. The number of piperidine rings is 1. The molecule has 4 rings (SSSR count). The molecule has 0 amide bonds. The number of likely N-dealkylation sites (tertiary alicyclic amines) is 1. The Labute approximate surface area is 153 Å². The molecule has 3 aromatic heterocycles. The van der Waals surface area contributed by atoms with Crippen molar-refractivity contribution in [3.63, 3.8) is 0 Å². The van der Waals surface area contributed by atoms with E-state index >= 15 is 0 Å². The number of H-pyrrole nitrogens is 1. The zero-order valence-corrected chi connectivity index (χ0v) is 15.1. The Kier molecular flexibility index (Phi) is 5.02. The van der Waals surface area contributed by atoms with Crippen LogP contribution in [0.3, 0.4) is 0 Å². The number of aromatic amines is 1. The smallest absolute Gasteiger partial charge is 0.157 e. The summed E-state index contributed by atoms with van der Waals surface area (Å²) >= 11 is 0. The fourth-order valence-electron chi connectivity index (χ4n) is 3.66. The first-order valence-electron chi connectivity index (χ1n) is 9.22. The van der Waals surface area contributed by atoms with Gasteiger partial charge in [-0.05, 0) is 50.8 Å². The van der Waals surface area contributed by atoms with Crippen molar-refractivity contribution in [2.75, 3.05) is 13.1 Å². The number of rotatable bonds is 5. The summed E-state index contributed by atoms with van der Waals surface area (Å²) in [5.41, 5.74) is 4.09. The lowest BCUT2D eigenvalue weighted by Gasteiger charge is -2.32. The van der Waals surface area contributed by atoms with E-state index in [1.807, 2.05) is 25.4 Å². The molecule has 1 aliphatic rings. The van der Waals surface area contributed by atoms with Crippen LogP contribution < -0.4 is 0 Å². The standard InChI is InChI=1S/C20H24N6/c1-15-4-2-6-17(25-15)14-26-9-3-5-16(13-26)10-18-11-24-19(12-23-18)20-21-7-8-22-20/h2,4,6-8,11-12,16H,3,5,9-10,13-14H2,1H3,(H,21,22). The molecule has 3 aromatic rings. The zero-order chi connectivity index (χ0) is 17.8. The Morgan fingerprint density at radius 2 is 2.12 bits per heavy atom. The molecule has 4 heterocycles. The maximum atomic E-state index is 4.64. The van der Waals surface area contributed by atoms with Crippen LogP contribution in [-0.2, 0) is 13.0 Å². The summed E-state index contributed by atoms with van der Waals surface area (Å²) in [7, 11) is 0. The van der Waals surface area contributed by atoms with Crippen molar-refractivity contribution in [3.8, 4) is 11.5 Å². The molecule has 0 radical (unpaired) electrons. The Morgan fingerprint density at radius 1 is 1.15 bits per heavy atom. The van der Waals surface area contributed by atoms with Crippen molar-refractivity contribution in [1.29, 1.82) is 0 Å². The average molecular weight is 348 g/mol. The molecule has 0 aromatic carbocycles. The predicted molar refractivity (Wildman–Crippen MR) is 100 cm³/mol. The predicted octanol–water partition coefficient (Wildman–Crippen LogP) is 3.02. The van der Waals surface area contributed by atoms with Gasteiger partial charge in [0.25, 0.3) is 0 Å². The summed E-state index contributed by atoms with van der Waals surface area (Å²) < 4.78 is 0. The molecule has 134 valence electrons. The SMILES string of the molecule is Cc1cccc(CN2CCCC(Cc3cnc(-c4ncc[nH]4)cn3)C2)n1. The molecule has 0 aliphatic carbocycles. The van der Waals surface area contributed by atoms with Gasteiger partial charge in [-0.3, -0.25) is 14.9 Å². The number of nitrogens with one attached hydrogen (secondary N) is 1. The van der Waals surface area contributed by atoms with E-state index in [9.17, 15) is 0 Å². The van der Waals surface area contributed by atoms with Crippen molar-refractivity contribution in [2.45, 2.75) is 32.7 Å². The zero-order valence-electron chi connectivity index (χ0n) is 15.1. The van der Waals surface area contributed by atoms with Crippen molar-refractivity contribution >= 4 is 0 Å². The Morgan fingerprint density at radius 3 is 2.88 bits per heavy atom. The van der Waals surface area contributed by atoms with Gasteiger partial charge in [0.05, 0.1) is 17.6 Å².